The Hall–Kier alpha value is -1.52. The predicted molar refractivity (Wildman–Crippen MR) is 57.9 cm³/mol. The molecule has 0 aromatic heterocycles. The van der Waals surface area contributed by atoms with Gasteiger partial charge in [0.05, 0.1) is 13.2 Å². The highest BCUT2D eigenvalue weighted by Gasteiger charge is 2.38. The minimum absolute atomic E-state index is 0.158. The zero-order valence-corrected chi connectivity index (χ0v) is 9.64. The van der Waals surface area contributed by atoms with Crippen molar-refractivity contribution in [1.82, 2.24) is 4.90 Å². The monoisotopic (exact) mass is 227 g/mol. The lowest BCUT2D eigenvalue weighted by atomic mass is 10.1. The number of hydrogen-bond donors (Lipinski definition) is 0. The second kappa shape index (κ2) is 5.53. The summed E-state index contributed by atoms with van der Waals surface area (Å²) in [6, 6.07) is -0.158. The van der Waals surface area contributed by atoms with Crippen molar-refractivity contribution in [1.29, 1.82) is 0 Å². The first-order valence-corrected chi connectivity index (χ1v) is 5.22. The Kier molecular flexibility index (Phi) is 4.34. The second-order valence-corrected chi connectivity index (χ2v) is 3.69. The predicted octanol–water partition coefficient (Wildman–Crippen LogP) is 1.33. The molecule has 0 aromatic carbocycles. The average Bonchev–Trinajstić information content (AvgIpc) is 2.61. The Balaban J connectivity index is 2.71. The maximum atomic E-state index is 11.5. The van der Waals surface area contributed by atoms with Crippen molar-refractivity contribution >= 4 is 12.1 Å². The van der Waals surface area contributed by atoms with Crippen LogP contribution in [0.25, 0.3) is 0 Å². The van der Waals surface area contributed by atoms with Crippen molar-refractivity contribution in [2.75, 3.05) is 13.7 Å². The van der Waals surface area contributed by atoms with Crippen LogP contribution < -0.4 is 0 Å². The number of carbonyl (C=O) groups is 2. The van der Waals surface area contributed by atoms with E-state index in [1.165, 1.54) is 14.0 Å². The number of amides is 1. The topological polar surface area (TPSA) is 55.8 Å². The van der Waals surface area contributed by atoms with Crippen LogP contribution in [-0.2, 0) is 14.3 Å². The van der Waals surface area contributed by atoms with Crippen molar-refractivity contribution < 1.29 is 19.1 Å². The van der Waals surface area contributed by atoms with E-state index >= 15 is 0 Å². The molecular formula is C11H17NO4. The zero-order chi connectivity index (χ0) is 12.1. The molecule has 1 aliphatic rings. The van der Waals surface area contributed by atoms with Gasteiger partial charge in [-0.25, -0.2) is 4.79 Å². The molecule has 90 valence electrons. The van der Waals surface area contributed by atoms with Crippen LogP contribution in [0.3, 0.4) is 0 Å². The fraction of sp³-hybridized carbons (Fsp3) is 0.636. The van der Waals surface area contributed by atoms with Crippen LogP contribution in [0, 0.1) is 0 Å². The SMILES string of the molecule is C=CC[C@H]1[C@H](OC(C)=O)CCN1C(=O)OC. The van der Waals surface area contributed by atoms with E-state index < -0.39 is 0 Å². The number of ether oxygens (including phenoxy) is 2. The highest BCUT2D eigenvalue weighted by molar-refractivity contribution is 5.69. The Morgan fingerprint density at radius 1 is 1.56 bits per heavy atom. The molecule has 0 spiro atoms. The zero-order valence-electron chi connectivity index (χ0n) is 9.64. The van der Waals surface area contributed by atoms with Gasteiger partial charge in [-0.05, 0) is 6.42 Å². The van der Waals surface area contributed by atoms with Gasteiger partial charge in [0.2, 0.25) is 0 Å². The van der Waals surface area contributed by atoms with Crippen LogP contribution in [0.4, 0.5) is 4.79 Å². The number of hydrogen-bond acceptors (Lipinski definition) is 4. The molecule has 0 radical (unpaired) electrons. The van der Waals surface area contributed by atoms with E-state index in [9.17, 15) is 9.59 Å². The molecule has 1 heterocycles. The number of carbonyl (C=O) groups excluding carboxylic acids is 2. The highest BCUT2D eigenvalue weighted by Crippen LogP contribution is 2.24. The quantitative estimate of drug-likeness (QED) is 0.539. The molecule has 1 aliphatic heterocycles. The number of rotatable bonds is 3. The summed E-state index contributed by atoms with van der Waals surface area (Å²) < 4.78 is 9.84. The Bertz CT molecular complexity index is 290. The van der Waals surface area contributed by atoms with Crippen molar-refractivity contribution in [2.45, 2.75) is 31.9 Å². The number of nitrogens with zero attached hydrogens (tertiary/aromatic N) is 1. The standard InChI is InChI=1S/C11H17NO4/c1-4-5-9-10(16-8(2)13)6-7-12(9)11(14)15-3/h4,9-10H,1,5-7H2,2-3H3/t9-,10+/m0/s1. The first-order chi connectivity index (χ1) is 7.60. The van der Waals surface area contributed by atoms with E-state index in [4.69, 9.17) is 4.74 Å². The number of esters is 1. The fourth-order valence-electron chi connectivity index (χ4n) is 1.97. The summed E-state index contributed by atoms with van der Waals surface area (Å²) in [5.74, 6) is -0.328. The number of methoxy groups -OCH3 is 1. The van der Waals surface area contributed by atoms with Gasteiger partial charge in [0.1, 0.15) is 6.10 Å². The Morgan fingerprint density at radius 3 is 2.75 bits per heavy atom. The third-order valence-electron chi connectivity index (χ3n) is 2.62. The van der Waals surface area contributed by atoms with Gasteiger partial charge in [0.25, 0.3) is 0 Å². The van der Waals surface area contributed by atoms with Crippen LogP contribution in [-0.4, -0.2) is 42.8 Å². The molecule has 5 heteroatoms. The van der Waals surface area contributed by atoms with Gasteiger partial charge in [-0.15, -0.1) is 6.58 Å². The fourth-order valence-corrected chi connectivity index (χ4v) is 1.97. The molecule has 1 saturated heterocycles. The molecule has 2 atom stereocenters. The normalized spacial score (nSPS) is 24.0. The molecule has 1 rings (SSSR count). The van der Waals surface area contributed by atoms with Crippen molar-refractivity contribution in [3.8, 4) is 0 Å². The molecule has 0 saturated carbocycles. The Labute approximate surface area is 95.0 Å². The molecule has 0 aromatic rings. The molecule has 0 unspecified atom stereocenters. The van der Waals surface area contributed by atoms with Crippen molar-refractivity contribution in [3.63, 3.8) is 0 Å². The highest BCUT2D eigenvalue weighted by atomic mass is 16.6. The van der Waals surface area contributed by atoms with E-state index in [-0.39, 0.29) is 24.2 Å². The molecule has 1 amide bonds. The summed E-state index contributed by atoms with van der Waals surface area (Å²) in [6.45, 7) is 5.55. The van der Waals surface area contributed by atoms with Gasteiger partial charge >= 0.3 is 12.1 Å². The molecule has 0 bridgehead atoms. The number of likely N-dealkylation sites (tertiary alicyclic amines) is 1. The van der Waals surface area contributed by atoms with E-state index in [0.29, 0.717) is 19.4 Å². The van der Waals surface area contributed by atoms with Crippen LogP contribution >= 0.6 is 0 Å². The van der Waals surface area contributed by atoms with Crippen LogP contribution in [0.15, 0.2) is 12.7 Å². The van der Waals surface area contributed by atoms with Crippen LogP contribution in [0.2, 0.25) is 0 Å². The van der Waals surface area contributed by atoms with Gasteiger partial charge in [0.15, 0.2) is 0 Å². The van der Waals surface area contributed by atoms with Gasteiger partial charge in [-0.2, -0.15) is 0 Å². The van der Waals surface area contributed by atoms with E-state index in [1.54, 1.807) is 11.0 Å². The van der Waals surface area contributed by atoms with Gasteiger partial charge < -0.3 is 14.4 Å². The summed E-state index contributed by atoms with van der Waals surface area (Å²) in [6.07, 6.45) is 2.30. The summed E-state index contributed by atoms with van der Waals surface area (Å²) in [4.78, 5) is 24.0. The first kappa shape index (κ1) is 12.5. The van der Waals surface area contributed by atoms with E-state index in [2.05, 4.69) is 11.3 Å². The molecule has 1 fully saturated rings. The summed E-state index contributed by atoms with van der Waals surface area (Å²) in [5.41, 5.74) is 0. The van der Waals surface area contributed by atoms with Gasteiger partial charge in [0, 0.05) is 19.9 Å². The van der Waals surface area contributed by atoms with E-state index in [0.717, 1.165) is 0 Å². The lowest BCUT2D eigenvalue weighted by Gasteiger charge is -2.25. The minimum atomic E-state index is -0.387. The van der Waals surface area contributed by atoms with Crippen molar-refractivity contribution in [3.05, 3.63) is 12.7 Å². The maximum Gasteiger partial charge on any atom is 0.409 e. The third kappa shape index (κ3) is 2.74. The third-order valence-corrected chi connectivity index (χ3v) is 2.62. The van der Waals surface area contributed by atoms with Crippen molar-refractivity contribution in [2.24, 2.45) is 0 Å². The van der Waals surface area contributed by atoms with Gasteiger partial charge in [-0.1, -0.05) is 6.08 Å². The molecule has 16 heavy (non-hydrogen) atoms. The molecule has 0 aliphatic carbocycles. The largest absolute Gasteiger partial charge is 0.460 e. The van der Waals surface area contributed by atoms with Crippen LogP contribution in [0.1, 0.15) is 19.8 Å². The average molecular weight is 227 g/mol. The summed E-state index contributed by atoms with van der Waals surface area (Å²) in [7, 11) is 1.34. The summed E-state index contributed by atoms with van der Waals surface area (Å²) in [5, 5.41) is 0. The summed E-state index contributed by atoms with van der Waals surface area (Å²) >= 11 is 0. The first-order valence-electron chi connectivity index (χ1n) is 5.22. The Morgan fingerprint density at radius 2 is 2.25 bits per heavy atom. The van der Waals surface area contributed by atoms with E-state index in [1.807, 2.05) is 0 Å². The minimum Gasteiger partial charge on any atom is -0.460 e. The smallest absolute Gasteiger partial charge is 0.409 e. The second-order valence-electron chi connectivity index (χ2n) is 3.69. The molecule has 5 nitrogen and oxygen atoms in total. The lowest BCUT2D eigenvalue weighted by molar-refractivity contribution is -0.147. The lowest BCUT2D eigenvalue weighted by Crippen LogP contribution is -2.40. The molecule has 0 N–H and O–H groups in total. The molecular weight excluding hydrogens is 210 g/mol. The van der Waals surface area contributed by atoms with Crippen LogP contribution in [0.5, 0.6) is 0 Å². The maximum absolute atomic E-state index is 11.5. The van der Waals surface area contributed by atoms with Gasteiger partial charge in [-0.3, -0.25) is 4.79 Å².